The largest absolute Gasteiger partial charge is 0.468 e. The van der Waals surface area contributed by atoms with Crippen molar-refractivity contribution in [3.63, 3.8) is 0 Å². The highest BCUT2D eigenvalue weighted by molar-refractivity contribution is 6.30. The second-order valence-electron chi connectivity index (χ2n) is 4.26. The molecule has 1 aliphatic heterocycles. The Morgan fingerprint density at radius 3 is 2.82 bits per heavy atom. The number of hydrogen-bond donors (Lipinski definition) is 0. The summed E-state index contributed by atoms with van der Waals surface area (Å²) in [5, 5.41) is 0.742. The number of carbonyl (C=O) groups is 1. The van der Waals surface area contributed by atoms with E-state index >= 15 is 0 Å². The number of carbonyl (C=O) groups excluding carboxylic acids is 1. The molecule has 0 aliphatic carbocycles. The highest BCUT2D eigenvalue weighted by atomic mass is 35.5. The zero-order chi connectivity index (χ0) is 12.3. The molecule has 92 valence electrons. The van der Waals surface area contributed by atoms with Gasteiger partial charge >= 0.3 is 5.97 Å². The molecule has 1 fully saturated rings. The van der Waals surface area contributed by atoms with Crippen LogP contribution in [-0.2, 0) is 9.53 Å². The van der Waals surface area contributed by atoms with Gasteiger partial charge in [0.05, 0.1) is 13.7 Å². The first kappa shape index (κ1) is 12.4. The number of methoxy groups -OCH3 is 1. The minimum Gasteiger partial charge on any atom is -0.468 e. The maximum absolute atomic E-state index is 11.3. The number of nitrogens with zero attached hydrogens (tertiary/aromatic N) is 1. The van der Waals surface area contributed by atoms with Crippen molar-refractivity contribution in [3.05, 3.63) is 34.9 Å². The fourth-order valence-electron chi connectivity index (χ4n) is 2.31. The molecule has 0 aromatic heterocycles. The van der Waals surface area contributed by atoms with Gasteiger partial charge in [0.25, 0.3) is 0 Å². The predicted molar refractivity (Wildman–Crippen MR) is 67.0 cm³/mol. The lowest BCUT2D eigenvalue weighted by atomic mass is 10.0. The fourth-order valence-corrected chi connectivity index (χ4v) is 2.43. The third kappa shape index (κ3) is 2.99. The molecule has 0 spiro atoms. The molecule has 3 nitrogen and oxygen atoms in total. The molecule has 4 heteroatoms. The van der Waals surface area contributed by atoms with Crippen LogP contribution in [0.3, 0.4) is 0 Å². The van der Waals surface area contributed by atoms with Crippen molar-refractivity contribution in [1.82, 2.24) is 4.90 Å². The van der Waals surface area contributed by atoms with Crippen LogP contribution in [0.25, 0.3) is 0 Å². The van der Waals surface area contributed by atoms with E-state index in [2.05, 4.69) is 4.90 Å². The molecular formula is C13H16ClNO2. The van der Waals surface area contributed by atoms with Crippen molar-refractivity contribution < 1.29 is 9.53 Å². The summed E-state index contributed by atoms with van der Waals surface area (Å²) in [6.07, 6.45) is 2.20. The SMILES string of the molecule is COC(=O)CN1CCC[C@@H]1c1ccc(Cl)cc1. The maximum atomic E-state index is 11.3. The number of likely N-dealkylation sites (tertiary alicyclic amines) is 1. The van der Waals surface area contributed by atoms with Gasteiger partial charge < -0.3 is 4.74 Å². The maximum Gasteiger partial charge on any atom is 0.319 e. The Balaban J connectivity index is 2.08. The molecular weight excluding hydrogens is 238 g/mol. The topological polar surface area (TPSA) is 29.5 Å². The van der Waals surface area contributed by atoms with E-state index in [0.717, 1.165) is 24.4 Å². The quantitative estimate of drug-likeness (QED) is 0.776. The smallest absolute Gasteiger partial charge is 0.319 e. The standard InChI is InChI=1S/C13H16ClNO2/c1-17-13(16)9-15-8-2-3-12(15)10-4-6-11(14)7-5-10/h4-7,12H,2-3,8-9H2,1H3/t12-/m1/s1. The van der Waals surface area contributed by atoms with E-state index in [1.807, 2.05) is 24.3 Å². The van der Waals surface area contributed by atoms with Gasteiger partial charge in [0.1, 0.15) is 0 Å². The highest BCUT2D eigenvalue weighted by Gasteiger charge is 2.27. The molecule has 0 amide bonds. The van der Waals surface area contributed by atoms with Crippen LogP contribution in [0.4, 0.5) is 0 Å². The zero-order valence-corrected chi connectivity index (χ0v) is 10.6. The Bertz CT molecular complexity index is 391. The van der Waals surface area contributed by atoms with Crippen molar-refractivity contribution in [2.45, 2.75) is 18.9 Å². The van der Waals surface area contributed by atoms with Gasteiger partial charge in [-0.05, 0) is 37.1 Å². The Morgan fingerprint density at radius 2 is 2.18 bits per heavy atom. The van der Waals surface area contributed by atoms with Crippen molar-refractivity contribution in [1.29, 1.82) is 0 Å². The summed E-state index contributed by atoms with van der Waals surface area (Å²) >= 11 is 5.87. The number of esters is 1. The number of ether oxygens (including phenoxy) is 1. The first-order valence-corrected chi connectivity index (χ1v) is 6.15. The minimum absolute atomic E-state index is 0.175. The van der Waals surface area contributed by atoms with E-state index in [0.29, 0.717) is 12.6 Å². The number of hydrogen-bond acceptors (Lipinski definition) is 3. The van der Waals surface area contributed by atoms with E-state index in [1.54, 1.807) is 0 Å². The van der Waals surface area contributed by atoms with E-state index in [4.69, 9.17) is 16.3 Å². The lowest BCUT2D eigenvalue weighted by Gasteiger charge is -2.23. The highest BCUT2D eigenvalue weighted by Crippen LogP contribution is 2.32. The van der Waals surface area contributed by atoms with E-state index in [-0.39, 0.29) is 5.97 Å². The molecule has 1 aromatic rings. The van der Waals surface area contributed by atoms with Gasteiger partial charge in [-0.1, -0.05) is 23.7 Å². The first-order chi connectivity index (χ1) is 8.20. The molecule has 0 saturated carbocycles. The molecule has 2 rings (SSSR count). The van der Waals surface area contributed by atoms with E-state index in [9.17, 15) is 4.79 Å². The summed E-state index contributed by atoms with van der Waals surface area (Å²) in [6, 6.07) is 8.16. The number of benzene rings is 1. The van der Waals surface area contributed by atoms with Crippen LogP contribution in [0.1, 0.15) is 24.4 Å². The fraction of sp³-hybridized carbons (Fsp3) is 0.462. The Hall–Kier alpha value is -1.06. The summed E-state index contributed by atoms with van der Waals surface area (Å²) in [4.78, 5) is 13.5. The lowest BCUT2D eigenvalue weighted by Crippen LogP contribution is -2.30. The third-order valence-electron chi connectivity index (χ3n) is 3.18. The minimum atomic E-state index is -0.175. The Morgan fingerprint density at radius 1 is 1.47 bits per heavy atom. The summed E-state index contributed by atoms with van der Waals surface area (Å²) in [6.45, 7) is 1.31. The van der Waals surface area contributed by atoms with Crippen LogP contribution in [-0.4, -0.2) is 31.1 Å². The molecule has 0 bridgehead atoms. The van der Waals surface area contributed by atoms with Crippen molar-refractivity contribution >= 4 is 17.6 Å². The monoisotopic (exact) mass is 253 g/mol. The third-order valence-corrected chi connectivity index (χ3v) is 3.43. The van der Waals surface area contributed by atoms with Crippen LogP contribution < -0.4 is 0 Å². The molecule has 17 heavy (non-hydrogen) atoms. The van der Waals surface area contributed by atoms with E-state index in [1.165, 1.54) is 12.7 Å². The van der Waals surface area contributed by atoms with Crippen LogP contribution >= 0.6 is 11.6 Å². The van der Waals surface area contributed by atoms with Crippen molar-refractivity contribution in [2.24, 2.45) is 0 Å². The summed E-state index contributed by atoms with van der Waals surface area (Å²) in [7, 11) is 1.43. The number of halogens is 1. The van der Waals surface area contributed by atoms with Gasteiger partial charge in [0, 0.05) is 11.1 Å². The van der Waals surface area contributed by atoms with Gasteiger partial charge in [-0.25, -0.2) is 0 Å². The van der Waals surface area contributed by atoms with Crippen LogP contribution in [0.15, 0.2) is 24.3 Å². The summed E-state index contributed by atoms with van der Waals surface area (Å²) in [5.74, 6) is -0.175. The van der Waals surface area contributed by atoms with Crippen molar-refractivity contribution in [2.75, 3.05) is 20.2 Å². The molecule has 0 N–H and O–H groups in total. The number of rotatable bonds is 3. The Kier molecular flexibility index (Phi) is 4.02. The van der Waals surface area contributed by atoms with Crippen molar-refractivity contribution in [3.8, 4) is 0 Å². The van der Waals surface area contributed by atoms with E-state index < -0.39 is 0 Å². The van der Waals surface area contributed by atoms with Gasteiger partial charge in [0.15, 0.2) is 0 Å². The summed E-state index contributed by atoms with van der Waals surface area (Å²) < 4.78 is 4.71. The van der Waals surface area contributed by atoms with Crippen LogP contribution in [0.2, 0.25) is 5.02 Å². The molecule has 1 saturated heterocycles. The molecule has 1 aliphatic rings. The van der Waals surface area contributed by atoms with Gasteiger partial charge in [-0.15, -0.1) is 0 Å². The normalized spacial score (nSPS) is 20.5. The predicted octanol–water partition coefficient (Wildman–Crippen LogP) is 2.65. The van der Waals surface area contributed by atoms with Gasteiger partial charge in [-0.2, -0.15) is 0 Å². The average Bonchev–Trinajstić information content (AvgIpc) is 2.78. The molecule has 1 heterocycles. The lowest BCUT2D eigenvalue weighted by molar-refractivity contribution is -0.142. The van der Waals surface area contributed by atoms with Crippen LogP contribution in [0, 0.1) is 0 Å². The molecule has 1 aromatic carbocycles. The Labute approximate surface area is 106 Å². The van der Waals surface area contributed by atoms with Gasteiger partial charge in [-0.3, -0.25) is 9.69 Å². The summed E-state index contributed by atoms with van der Waals surface area (Å²) in [5.41, 5.74) is 1.22. The van der Waals surface area contributed by atoms with Crippen LogP contribution in [0.5, 0.6) is 0 Å². The zero-order valence-electron chi connectivity index (χ0n) is 9.86. The molecule has 1 atom stereocenters. The molecule has 0 unspecified atom stereocenters. The average molecular weight is 254 g/mol. The van der Waals surface area contributed by atoms with Gasteiger partial charge in [0.2, 0.25) is 0 Å². The molecule has 0 radical (unpaired) electrons. The first-order valence-electron chi connectivity index (χ1n) is 5.77. The second kappa shape index (κ2) is 5.52. The second-order valence-corrected chi connectivity index (χ2v) is 4.69.